The number of nitrogens with two attached hydrogens (primary N) is 3. The molecule has 0 saturated heterocycles. The number of carboxylic acids is 2. The largest absolute Gasteiger partial charge is 0.481 e. The van der Waals surface area contributed by atoms with Crippen molar-refractivity contribution in [1.82, 2.24) is 16.0 Å². The molecule has 0 aliphatic heterocycles. The van der Waals surface area contributed by atoms with Gasteiger partial charge in [-0.25, -0.2) is 4.79 Å². The molecule has 0 aromatic carbocycles. The summed E-state index contributed by atoms with van der Waals surface area (Å²) in [7, 11) is 0. The molecule has 0 aliphatic rings. The van der Waals surface area contributed by atoms with Crippen LogP contribution in [0.25, 0.3) is 0 Å². The average Bonchev–Trinajstić information content (AvgIpc) is 2.63. The maximum Gasteiger partial charge on any atom is 0.326 e. The number of amides is 2. The Kier molecular flexibility index (Phi) is 12.7. The second kappa shape index (κ2) is 14.1. The van der Waals surface area contributed by atoms with Gasteiger partial charge in [0, 0.05) is 19.6 Å². The number of carboxylic acid groups (broad SMARTS) is 2. The SMILES string of the molecule is CC(C)[C@H](NC(=O)[C@H](CC(=O)O)NCCNC(=O)[C@@H](N)CCCN=C(N)N)C(=O)O. The second-order valence-electron chi connectivity index (χ2n) is 7.02. The first-order chi connectivity index (χ1) is 14.0. The van der Waals surface area contributed by atoms with Crippen LogP contribution in [0.5, 0.6) is 0 Å². The molecule has 0 aromatic heterocycles. The van der Waals surface area contributed by atoms with E-state index in [1.807, 2.05) is 0 Å². The van der Waals surface area contributed by atoms with Crippen LogP contribution in [0.1, 0.15) is 33.1 Å². The molecule has 11 N–H and O–H groups in total. The van der Waals surface area contributed by atoms with Gasteiger partial charge < -0.3 is 43.4 Å². The fraction of sp³-hybridized carbons (Fsp3) is 0.706. The Labute approximate surface area is 174 Å². The number of guanidine groups is 1. The predicted molar refractivity (Wildman–Crippen MR) is 109 cm³/mol. The third-order valence-electron chi connectivity index (χ3n) is 4.05. The van der Waals surface area contributed by atoms with Crippen molar-refractivity contribution in [2.24, 2.45) is 28.1 Å². The lowest BCUT2D eigenvalue weighted by Gasteiger charge is -2.22. The lowest BCUT2D eigenvalue weighted by atomic mass is 10.0. The summed E-state index contributed by atoms with van der Waals surface area (Å²) in [6, 6.07) is -3.07. The van der Waals surface area contributed by atoms with Crippen LogP contribution in [-0.4, -0.2) is 77.7 Å². The summed E-state index contributed by atoms with van der Waals surface area (Å²) in [5.74, 6) is -4.03. The first-order valence-corrected chi connectivity index (χ1v) is 9.52. The van der Waals surface area contributed by atoms with E-state index in [1.165, 1.54) is 0 Å². The molecular formula is C17H33N7O6. The normalized spacial score (nSPS) is 13.7. The Balaban J connectivity index is 4.51. The first-order valence-electron chi connectivity index (χ1n) is 9.52. The van der Waals surface area contributed by atoms with E-state index in [2.05, 4.69) is 20.9 Å². The van der Waals surface area contributed by atoms with Gasteiger partial charge in [0.05, 0.1) is 18.5 Å². The molecule has 0 radical (unpaired) electrons. The second-order valence-corrected chi connectivity index (χ2v) is 7.02. The minimum atomic E-state index is -1.23. The van der Waals surface area contributed by atoms with E-state index in [1.54, 1.807) is 13.8 Å². The molecule has 0 fully saturated rings. The summed E-state index contributed by atoms with van der Waals surface area (Å²) in [4.78, 5) is 50.2. The molecule has 13 nitrogen and oxygen atoms in total. The Hall–Kier alpha value is -2.93. The van der Waals surface area contributed by atoms with Gasteiger partial charge in [-0.1, -0.05) is 13.8 Å². The van der Waals surface area contributed by atoms with Gasteiger partial charge in [-0.15, -0.1) is 0 Å². The topological polar surface area (TPSA) is 235 Å². The molecule has 0 aromatic rings. The molecule has 30 heavy (non-hydrogen) atoms. The highest BCUT2D eigenvalue weighted by atomic mass is 16.4. The maximum atomic E-state index is 12.3. The number of hydrogen-bond acceptors (Lipinski definition) is 7. The summed E-state index contributed by atoms with van der Waals surface area (Å²) in [6.45, 7) is 3.77. The number of carbonyl (C=O) groups excluding carboxylic acids is 2. The van der Waals surface area contributed by atoms with E-state index in [9.17, 15) is 19.2 Å². The molecule has 0 saturated carbocycles. The number of hydrogen-bond donors (Lipinski definition) is 8. The average molecular weight is 431 g/mol. The van der Waals surface area contributed by atoms with E-state index in [-0.39, 0.29) is 25.0 Å². The van der Waals surface area contributed by atoms with Crippen LogP contribution in [0.4, 0.5) is 0 Å². The van der Waals surface area contributed by atoms with E-state index in [0.717, 1.165) is 0 Å². The maximum absolute atomic E-state index is 12.3. The molecule has 2 amide bonds. The van der Waals surface area contributed by atoms with Gasteiger partial charge in [0.15, 0.2) is 5.96 Å². The van der Waals surface area contributed by atoms with Crippen LogP contribution in [0.3, 0.4) is 0 Å². The number of aliphatic imine (C=N–C) groups is 1. The van der Waals surface area contributed by atoms with E-state index in [4.69, 9.17) is 27.4 Å². The quantitative estimate of drug-likeness (QED) is 0.0749. The van der Waals surface area contributed by atoms with Gasteiger partial charge in [0.25, 0.3) is 0 Å². The molecule has 13 heteroatoms. The summed E-state index contributed by atoms with van der Waals surface area (Å²) in [5, 5.41) is 25.8. The minimum absolute atomic E-state index is 0.0397. The van der Waals surface area contributed by atoms with Crippen LogP contribution >= 0.6 is 0 Å². The molecule has 0 heterocycles. The van der Waals surface area contributed by atoms with Crippen molar-refractivity contribution >= 4 is 29.7 Å². The standard InChI is InChI=1S/C17H33N7O6/c1-9(2)13(16(29)30)24-15(28)11(8-12(25)26)21-6-7-22-14(27)10(18)4-3-5-23-17(19)20/h9-11,13,21H,3-8,18H2,1-2H3,(H,22,27)(H,24,28)(H,25,26)(H,29,30)(H4,19,20,23)/t10-,11-,13-/m0/s1. The zero-order chi connectivity index (χ0) is 23.3. The van der Waals surface area contributed by atoms with Gasteiger partial charge >= 0.3 is 11.9 Å². The van der Waals surface area contributed by atoms with Crippen LogP contribution in [0, 0.1) is 5.92 Å². The van der Waals surface area contributed by atoms with Crippen molar-refractivity contribution in [2.45, 2.75) is 51.2 Å². The Morgan fingerprint density at radius 2 is 1.67 bits per heavy atom. The number of carbonyl (C=O) groups is 4. The monoisotopic (exact) mass is 431 g/mol. The van der Waals surface area contributed by atoms with Crippen molar-refractivity contribution < 1.29 is 29.4 Å². The van der Waals surface area contributed by atoms with E-state index >= 15 is 0 Å². The van der Waals surface area contributed by atoms with Gasteiger partial charge in [-0.05, 0) is 18.8 Å². The zero-order valence-corrected chi connectivity index (χ0v) is 17.3. The summed E-state index contributed by atoms with van der Waals surface area (Å²) in [5.41, 5.74) is 16.2. The van der Waals surface area contributed by atoms with Crippen LogP contribution in [0.2, 0.25) is 0 Å². The van der Waals surface area contributed by atoms with Crippen LogP contribution in [-0.2, 0) is 19.2 Å². The smallest absolute Gasteiger partial charge is 0.326 e. The summed E-state index contributed by atoms with van der Waals surface area (Å²) < 4.78 is 0. The number of aliphatic carboxylic acids is 2. The number of nitrogens with one attached hydrogen (secondary N) is 3. The zero-order valence-electron chi connectivity index (χ0n) is 17.3. The highest BCUT2D eigenvalue weighted by Gasteiger charge is 2.28. The molecule has 0 spiro atoms. The van der Waals surface area contributed by atoms with Crippen LogP contribution < -0.4 is 33.2 Å². The lowest BCUT2D eigenvalue weighted by Crippen LogP contribution is -2.53. The Morgan fingerprint density at radius 1 is 1.03 bits per heavy atom. The highest BCUT2D eigenvalue weighted by molar-refractivity contribution is 5.89. The van der Waals surface area contributed by atoms with Crippen molar-refractivity contribution in [3.05, 3.63) is 0 Å². The first kappa shape index (κ1) is 27.1. The van der Waals surface area contributed by atoms with Crippen molar-refractivity contribution in [2.75, 3.05) is 19.6 Å². The third kappa shape index (κ3) is 11.8. The summed E-state index contributed by atoms with van der Waals surface area (Å²) >= 11 is 0. The molecule has 0 unspecified atom stereocenters. The highest BCUT2D eigenvalue weighted by Crippen LogP contribution is 2.03. The van der Waals surface area contributed by atoms with Gasteiger partial charge in [-0.2, -0.15) is 0 Å². The Morgan fingerprint density at radius 3 is 2.17 bits per heavy atom. The third-order valence-corrected chi connectivity index (χ3v) is 4.05. The van der Waals surface area contributed by atoms with Gasteiger partial charge in [0.1, 0.15) is 6.04 Å². The minimum Gasteiger partial charge on any atom is -0.481 e. The van der Waals surface area contributed by atoms with Crippen molar-refractivity contribution in [3.8, 4) is 0 Å². The fourth-order valence-electron chi connectivity index (χ4n) is 2.41. The lowest BCUT2D eigenvalue weighted by molar-refractivity contribution is -0.144. The molecule has 3 atom stereocenters. The predicted octanol–water partition coefficient (Wildman–Crippen LogP) is -2.86. The van der Waals surface area contributed by atoms with Crippen molar-refractivity contribution in [1.29, 1.82) is 0 Å². The summed E-state index contributed by atoms with van der Waals surface area (Å²) in [6.07, 6.45) is 0.340. The molecule has 0 aliphatic carbocycles. The number of nitrogens with zero attached hydrogens (tertiary/aromatic N) is 1. The van der Waals surface area contributed by atoms with Crippen molar-refractivity contribution in [3.63, 3.8) is 0 Å². The molecule has 0 rings (SSSR count). The van der Waals surface area contributed by atoms with E-state index < -0.39 is 48.3 Å². The van der Waals surface area contributed by atoms with Gasteiger partial charge in [-0.3, -0.25) is 19.4 Å². The fourth-order valence-corrected chi connectivity index (χ4v) is 2.41. The molecular weight excluding hydrogens is 398 g/mol. The Bertz CT molecular complexity index is 622. The van der Waals surface area contributed by atoms with E-state index in [0.29, 0.717) is 19.4 Å². The molecule has 0 bridgehead atoms. The van der Waals surface area contributed by atoms with Crippen LogP contribution in [0.15, 0.2) is 4.99 Å². The number of rotatable bonds is 15. The van der Waals surface area contributed by atoms with Gasteiger partial charge in [0.2, 0.25) is 11.8 Å². The molecule has 172 valence electrons.